The lowest BCUT2D eigenvalue weighted by molar-refractivity contribution is -0.111. The van der Waals surface area contributed by atoms with Gasteiger partial charge in [0.2, 0.25) is 11.8 Å². The van der Waals surface area contributed by atoms with Crippen LogP contribution in [0, 0.1) is 0 Å². The van der Waals surface area contributed by atoms with Gasteiger partial charge in [-0.05, 0) is 54.6 Å². The summed E-state index contributed by atoms with van der Waals surface area (Å²) in [7, 11) is 0. The molecule has 4 aromatic rings. The van der Waals surface area contributed by atoms with Crippen LogP contribution >= 0.6 is 11.6 Å². The predicted octanol–water partition coefficient (Wildman–Crippen LogP) is 5.39. The SMILES string of the molecule is O=C(/C=C\c1ccco1)Nc1cccc(-c2nc3cc(Cl)ccc3o2)c1. The van der Waals surface area contributed by atoms with Crippen molar-refractivity contribution in [2.75, 3.05) is 5.32 Å². The summed E-state index contributed by atoms with van der Waals surface area (Å²) >= 11 is 5.98. The van der Waals surface area contributed by atoms with Crippen molar-refractivity contribution in [2.45, 2.75) is 0 Å². The Hall–Kier alpha value is -3.31. The van der Waals surface area contributed by atoms with Gasteiger partial charge in [-0.15, -0.1) is 0 Å². The van der Waals surface area contributed by atoms with Crippen LogP contribution in [0.25, 0.3) is 28.6 Å². The number of hydrogen-bond donors (Lipinski definition) is 1. The lowest BCUT2D eigenvalue weighted by atomic mass is 10.2. The number of nitrogens with one attached hydrogen (secondary N) is 1. The molecule has 6 heteroatoms. The first-order valence-corrected chi connectivity index (χ1v) is 8.24. The second kappa shape index (κ2) is 6.90. The standard InChI is InChI=1S/C20H13ClN2O3/c21-14-6-8-18-17(12-14)23-20(26-18)13-3-1-4-15(11-13)22-19(24)9-7-16-5-2-10-25-16/h1-12H,(H,22,24)/b9-7-. The third kappa shape index (κ3) is 3.53. The molecule has 1 N–H and O–H groups in total. The Morgan fingerprint density at radius 1 is 1.12 bits per heavy atom. The minimum Gasteiger partial charge on any atom is -0.465 e. The Morgan fingerprint density at radius 2 is 2.04 bits per heavy atom. The maximum absolute atomic E-state index is 12.0. The number of carbonyl (C=O) groups is 1. The average Bonchev–Trinajstić information content (AvgIpc) is 3.29. The molecular weight excluding hydrogens is 352 g/mol. The van der Waals surface area contributed by atoms with E-state index in [0.717, 1.165) is 5.56 Å². The van der Waals surface area contributed by atoms with E-state index < -0.39 is 0 Å². The van der Waals surface area contributed by atoms with Crippen LogP contribution in [0.4, 0.5) is 5.69 Å². The van der Waals surface area contributed by atoms with Crippen molar-refractivity contribution in [3.05, 3.63) is 77.7 Å². The van der Waals surface area contributed by atoms with Crippen molar-refractivity contribution in [2.24, 2.45) is 0 Å². The maximum atomic E-state index is 12.0. The molecule has 0 bridgehead atoms. The highest BCUT2D eigenvalue weighted by atomic mass is 35.5. The summed E-state index contributed by atoms with van der Waals surface area (Å²) in [6.07, 6.45) is 4.56. The second-order valence-electron chi connectivity index (χ2n) is 5.55. The summed E-state index contributed by atoms with van der Waals surface area (Å²) in [6, 6.07) is 16.1. The van der Waals surface area contributed by atoms with Gasteiger partial charge in [0.25, 0.3) is 0 Å². The summed E-state index contributed by atoms with van der Waals surface area (Å²) in [4.78, 5) is 16.5. The molecule has 0 aliphatic carbocycles. The Kier molecular flexibility index (Phi) is 4.29. The van der Waals surface area contributed by atoms with Crippen molar-refractivity contribution in [3.63, 3.8) is 0 Å². The number of amides is 1. The molecule has 0 aliphatic rings. The van der Waals surface area contributed by atoms with E-state index in [-0.39, 0.29) is 5.91 Å². The summed E-state index contributed by atoms with van der Waals surface area (Å²) in [5, 5.41) is 3.40. The van der Waals surface area contributed by atoms with Gasteiger partial charge in [0.1, 0.15) is 11.3 Å². The number of hydrogen-bond acceptors (Lipinski definition) is 4. The van der Waals surface area contributed by atoms with Gasteiger partial charge in [-0.3, -0.25) is 4.79 Å². The molecule has 0 saturated carbocycles. The van der Waals surface area contributed by atoms with Gasteiger partial charge < -0.3 is 14.2 Å². The molecule has 0 unspecified atom stereocenters. The van der Waals surface area contributed by atoms with Crippen LogP contribution in [-0.2, 0) is 4.79 Å². The first-order chi connectivity index (χ1) is 12.7. The second-order valence-corrected chi connectivity index (χ2v) is 5.99. The largest absolute Gasteiger partial charge is 0.465 e. The molecule has 4 rings (SSSR count). The molecule has 0 fully saturated rings. The highest BCUT2D eigenvalue weighted by Crippen LogP contribution is 2.27. The fourth-order valence-electron chi connectivity index (χ4n) is 2.48. The zero-order valence-electron chi connectivity index (χ0n) is 13.5. The van der Waals surface area contributed by atoms with Crippen molar-refractivity contribution < 1.29 is 13.6 Å². The van der Waals surface area contributed by atoms with Crippen LogP contribution in [0.15, 0.2) is 75.8 Å². The van der Waals surface area contributed by atoms with E-state index in [1.54, 1.807) is 54.8 Å². The zero-order chi connectivity index (χ0) is 17.9. The molecular formula is C20H13ClN2O3. The summed E-state index contributed by atoms with van der Waals surface area (Å²) in [6.45, 7) is 0. The lowest BCUT2D eigenvalue weighted by Crippen LogP contribution is -2.07. The van der Waals surface area contributed by atoms with E-state index >= 15 is 0 Å². The Morgan fingerprint density at radius 3 is 2.88 bits per heavy atom. The van der Waals surface area contributed by atoms with Crippen LogP contribution in [0.1, 0.15) is 5.76 Å². The summed E-state index contributed by atoms with van der Waals surface area (Å²) in [5.41, 5.74) is 2.73. The molecule has 26 heavy (non-hydrogen) atoms. The van der Waals surface area contributed by atoms with E-state index in [1.165, 1.54) is 6.08 Å². The zero-order valence-corrected chi connectivity index (χ0v) is 14.2. The number of carbonyl (C=O) groups excluding carboxylic acids is 1. The molecule has 0 aliphatic heterocycles. The fraction of sp³-hybridized carbons (Fsp3) is 0. The predicted molar refractivity (Wildman–Crippen MR) is 101 cm³/mol. The van der Waals surface area contributed by atoms with Gasteiger partial charge in [0.05, 0.1) is 6.26 Å². The van der Waals surface area contributed by atoms with E-state index in [9.17, 15) is 4.79 Å². The molecule has 0 atom stereocenters. The Bertz CT molecular complexity index is 1100. The molecule has 0 saturated heterocycles. The van der Waals surface area contributed by atoms with Gasteiger partial charge in [0.15, 0.2) is 5.58 Å². The van der Waals surface area contributed by atoms with Gasteiger partial charge in [0, 0.05) is 22.3 Å². The van der Waals surface area contributed by atoms with Crippen LogP contribution in [0.3, 0.4) is 0 Å². The van der Waals surface area contributed by atoms with E-state index in [4.69, 9.17) is 20.4 Å². The van der Waals surface area contributed by atoms with Gasteiger partial charge in [-0.25, -0.2) is 4.98 Å². The number of fused-ring (bicyclic) bond motifs is 1. The third-order valence-electron chi connectivity index (χ3n) is 3.67. The Labute approximate surface area is 153 Å². The minimum atomic E-state index is -0.261. The molecule has 1 amide bonds. The molecule has 0 radical (unpaired) electrons. The van der Waals surface area contributed by atoms with Crippen molar-refractivity contribution in [3.8, 4) is 11.5 Å². The number of furan rings is 1. The van der Waals surface area contributed by atoms with Crippen LogP contribution < -0.4 is 5.32 Å². The molecule has 5 nitrogen and oxygen atoms in total. The number of oxazole rings is 1. The monoisotopic (exact) mass is 364 g/mol. The van der Waals surface area contributed by atoms with Crippen LogP contribution in [0.5, 0.6) is 0 Å². The topological polar surface area (TPSA) is 68.3 Å². The van der Waals surface area contributed by atoms with E-state index in [1.807, 2.05) is 12.1 Å². The van der Waals surface area contributed by atoms with Crippen LogP contribution in [0.2, 0.25) is 5.02 Å². The van der Waals surface area contributed by atoms with Crippen molar-refractivity contribution >= 4 is 40.4 Å². The summed E-state index contributed by atoms with van der Waals surface area (Å²) < 4.78 is 10.9. The van der Waals surface area contributed by atoms with Gasteiger partial charge >= 0.3 is 0 Å². The number of anilines is 1. The van der Waals surface area contributed by atoms with Gasteiger partial charge in [-0.2, -0.15) is 0 Å². The molecule has 2 heterocycles. The molecule has 128 valence electrons. The smallest absolute Gasteiger partial charge is 0.248 e. The van der Waals surface area contributed by atoms with E-state index in [2.05, 4.69) is 10.3 Å². The number of nitrogens with zero attached hydrogens (tertiary/aromatic N) is 1. The minimum absolute atomic E-state index is 0.261. The van der Waals surface area contributed by atoms with Crippen LogP contribution in [-0.4, -0.2) is 10.9 Å². The van der Waals surface area contributed by atoms with Crippen molar-refractivity contribution in [1.29, 1.82) is 0 Å². The van der Waals surface area contributed by atoms with Gasteiger partial charge in [-0.1, -0.05) is 17.7 Å². The maximum Gasteiger partial charge on any atom is 0.248 e. The number of aromatic nitrogens is 1. The lowest BCUT2D eigenvalue weighted by Gasteiger charge is -2.03. The summed E-state index contributed by atoms with van der Waals surface area (Å²) in [5.74, 6) is 0.812. The quantitative estimate of drug-likeness (QED) is 0.493. The van der Waals surface area contributed by atoms with Crippen molar-refractivity contribution in [1.82, 2.24) is 4.98 Å². The number of rotatable bonds is 4. The fourth-order valence-corrected chi connectivity index (χ4v) is 2.65. The first kappa shape index (κ1) is 16.2. The first-order valence-electron chi connectivity index (χ1n) is 7.86. The average molecular weight is 365 g/mol. The number of halogens is 1. The highest BCUT2D eigenvalue weighted by molar-refractivity contribution is 6.31. The highest BCUT2D eigenvalue weighted by Gasteiger charge is 2.09. The third-order valence-corrected chi connectivity index (χ3v) is 3.90. The normalized spacial score (nSPS) is 11.3. The molecule has 2 aromatic carbocycles. The van der Waals surface area contributed by atoms with E-state index in [0.29, 0.717) is 33.5 Å². The Balaban J connectivity index is 1.54. The number of benzene rings is 2. The molecule has 0 spiro atoms. The molecule has 2 aromatic heterocycles.